The van der Waals surface area contributed by atoms with Crippen molar-refractivity contribution in [3.05, 3.63) is 78.5 Å². The molecule has 114 valence electrons. The van der Waals surface area contributed by atoms with Gasteiger partial charge in [0.1, 0.15) is 6.26 Å². The van der Waals surface area contributed by atoms with Crippen molar-refractivity contribution in [3.8, 4) is 0 Å². The first-order chi connectivity index (χ1) is 11.2. The molecule has 1 aromatic carbocycles. The van der Waals surface area contributed by atoms with Crippen LogP contribution in [0.1, 0.15) is 20.7 Å². The van der Waals surface area contributed by atoms with Crippen LogP contribution in [0.4, 0.5) is 11.4 Å². The predicted molar refractivity (Wildman–Crippen MR) is 85.3 cm³/mol. The first kappa shape index (κ1) is 14.5. The van der Waals surface area contributed by atoms with Crippen molar-refractivity contribution in [2.75, 3.05) is 10.6 Å². The minimum Gasteiger partial charge on any atom is -0.472 e. The summed E-state index contributed by atoms with van der Waals surface area (Å²) in [7, 11) is 0. The largest absolute Gasteiger partial charge is 0.472 e. The number of furan rings is 1. The normalized spacial score (nSPS) is 10.1. The van der Waals surface area contributed by atoms with Crippen LogP contribution in [-0.4, -0.2) is 16.8 Å². The summed E-state index contributed by atoms with van der Waals surface area (Å²) in [5.41, 5.74) is 2.03. The minimum atomic E-state index is -0.301. The summed E-state index contributed by atoms with van der Waals surface area (Å²) in [5.74, 6) is -0.568. The molecule has 0 saturated carbocycles. The number of pyridine rings is 1. The van der Waals surface area contributed by atoms with Gasteiger partial charge in [-0.15, -0.1) is 0 Å². The SMILES string of the molecule is O=C(Nc1cccc(C(=O)Nc2ccncc2)c1)c1ccoc1. The van der Waals surface area contributed by atoms with Crippen LogP contribution in [0, 0.1) is 0 Å². The lowest BCUT2D eigenvalue weighted by Crippen LogP contribution is -2.14. The number of aromatic nitrogens is 1. The highest BCUT2D eigenvalue weighted by Crippen LogP contribution is 2.14. The third kappa shape index (κ3) is 3.62. The Bertz CT molecular complexity index is 814. The standard InChI is InChI=1S/C17H13N3O3/c21-16(19-14-4-7-18-8-5-14)12-2-1-3-15(10-12)20-17(22)13-6-9-23-11-13/h1-11H,(H,20,22)(H,18,19,21). The Labute approximate surface area is 132 Å². The molecular weight excluding hydrogens is 294 g/mol. The molecule has 0 aliphatic rings. The first-order valence-electron chi connectivity index (χ1n) is 6.87. The summed E-state index contributed by atoms with van der Waals surface area (Å²) in [6.07, 6.45) is 5.97. The third-order valence-electron chi connectivity index (χ3n) is 3.10. The lowest BCUT2D eigenvalue weighted by molar-refractivity contribution is 0.101. The van der Waals surface area contributed by atoms with Gasteiger partial charge in [0.15, 0.2) is 0 Å². The molecule has 0 radical (unpaired) electrons. The second-order valence-corrected chi connectivity index (χ2v) is 4.74. The van der Waals surface area contributed by atoms with Gasteiger partial charge in [-0.1, -0.05) is 6.07 Å². The second-order valence-electron chi connectivity index (χ2n) is 4.74. The molecule has 0 aliphatic heterocycles. The Morgan fingerprint density at radius 3 is 2.35 bits per heavy atom. The average molecular weight is 307 g/mol. The number of amides is 2. The summed E-state index contributed by atoms with van der Waals surface area (Å²) in [6.45, 7) is 0. The Morgan fingerprint density at radius 2 is 1.61 bits per heavy atom. The smallest absolute Gasteiger partial charge is 0.258 e. The number of benzene rings is 1. The quantitative estimate of drug-likeness (QED) is 0.775. The fraction of sp³-hybridized carbons (Fsp3) is 0. The van der Waals surface area contributed by atoms with Crippen LogP contribution in [0.15, 0.2) is 71.8 Å². The predicted octanol–water partition coefficient (Wildman–Crippen LogP) is 3.18. The summed E-state index contributed by atoms with van der Waals surface area (Å²) in [6, 6.07) is 11.6. The Morgan fingerprint density at radius 1 is 0.870 bits per heavy atom. The molecule has 6 heteroatoms. The zero-order valence-corrected chi connectivity index (χ0v) is 12.0. The van der Waals surface area contributed by atoms with Gasteiger partial charge >= 0.3 is 0 Å². The maximum Gasteiger partial charge on any atom is 0.258 e. The van der Waals surface area contributed by atoms with Crippen molar-refractivity contribution in [3.63, 3.8) is 0 Å². The van der Waals surface area contributed by atoms with Gasteiger partial charge in [-0.25, -0.2) is 0 Å². The first-order valence-corrected chi connectivity index (χ1v) is 6.87. The van der Waals surface area contributed by atoms with Crippen LogP contribution in [0.25, 0.3) is 0 Å². The molecule has 3 rings (SSSR count). The Kier molecular flexibility index (Phi) is 4.15. The van der Waals surface area contributed by atoms with Crippen molar-refractivity contribution < 1.29 is 14.0 Å². The molecule has 0 aliphatic carbocycles. The average Bonchev–Trinajstić information content (AvgIpc) is 3.11. The molecule has 0 unspecified atom stereocenters. The fourth-order valence-corrected chi connectivity index (χ4v) is 1.97. The lowest BCUT2D eigenvalue weighted by atomic mass is 10.1. The van der Waals surface area contributed by atoms with E-state index in [9.17, 15) is 9.59 Å². The Hall–Kier alpha value is -3.41. The van der Waals surface area contributed by atoms with Gasteiger partial charge in [-0.2, -0.15) is 0 Å². The molecule has 0 saturated heterocycles. The van der Waals surface area contributed by atoms with E-state index in [0.29, 0.717) is 22.5 Å². The van der Waals surface area contributed by atoms with Gasteiger partial charge in [0, 0.05) is 29.3 Å². The van der Waals surface area contributed by atoms with E-state index in [1.165, 1.54) is 12.5 Å². The number of carbonyl (C=O) groups is 2. The lowest BCUT2D eigenvalue weighted by Gasteiger charge is -2.07. The van der Waals surface area contributed by atoms with E-state index in [2.05, 4.69) is 15.6 Å². The minimum absolute atomic E-state index is 0.268. The zero-order valence-electron chi connectivity index (χ0n) is 12.0. The number of nitrogens with zero attached hydrogens (tertiary/aromatic N) is 1. The molecule has 2 aromatic heterocycles. The highest BCUT2D eigenvalue weighted by Gasteiger charge is 2.10. The van der Waals surface area contributed by atoms with E-state index < -0.39 is 0 Å². The molecule has 6 nitrogen and oxygen atoms in total. The molecule has 0 spiro atoms. The van der Waals surface area contributed by atoms with Crippen molar-refractivity contribution >= 4 is 23.2 Å². The van der Waals surface area contributed by atoms with Gasteiger partial charge in [0.05, 0.1) is 11.8 Å². The van der Waals surface area contributed by atoms with Gasteiger partial charge in [-0.05, 0) is 36.4 Å². The van der Waals surface area contributed by atoms with Crippen molar-refractivity contribution in [2.45, 2.75) is 0 Å². The fourth-order valence-electron chi connectivity index (χ4n) is 1.97. The summed E-state index contributed by atoms with van der Waals surface area (Å²) >= 11 is 0. The van der Waals surface area contributed by atoms with E-state index in [1.54, 1.807) is 54.9 Å². The number of carbonyl (C=O) groups excluding carboxylic acids is 2. The van der Waals surface area contributed by atoms with Crippen LogP contribution in [0.2, 0.25) is 0 Å². The number of hydrogen-bond acceptors (Lipinski definition) is 4. The molecule has 0 atom stereocenters. The van der Waals surface area contributed by atoms with Crippen molar-refractivity contribution in [2.24, 2.45) is 0 Å². The van der Waals surface area contributed by atoms with Crippen molar-refractivity contribution in [1.82, 2.24) is 4.98 Å². The van der Waals surface area contributed by atoms with Gasteiger partial charge in [0.25, 0.3) is 11.8 Å². The van der Waals surface area contributed by atoms with E-state index in [0.717, 1.165) is 0 Å². The topological polar surface area (TPSA) is 84.2 Å². The molecule has 0 fully saturated rings. The second kappa shape index (κ2) is 6.57. The van der Waals surface area contributed by atoms with E-state index in [4.69, 9.17) is 4.42 Å². The van der Waals surface area contributed by atoms with Crippen LogP contribution < -0.4 is 10.6 Å². The summed E-state index contributed by atoms with van der Waals surface area (Å²) in [5, 5.41) is 5.47. The van der Waals surface area contributed by atoms with Gasteiger partial charge < -0.3 is 15.1 Å². The zero-order chi connectivity index (χ0) is 16.1. The maximum atomic E-state index is 12.2. The highest BCUT2D eigenvalue weighted by atomic mass is 16.3. The highest BCUT2D eigenvalue weighted by molar-refractivity contribution is 6.07. The molecular formula is C17H13N3O3. The van der Waals surface area contributed by atoms with E-state index >= 15 is 0 Å². The molecule has 2 N–H and O–H groups in total. The van der Waals surface area contributed by atoms with E-state index in [1.807, 2.05) is 0 Å². The number of hydrogen-bond donors (Lipinski definition) is 2. The van der Waals surface area contributed by atoms with E-state index in [-0.39, 0.29) is 11.8 Å². The summed E-state index contributed by atoms with van der Waals surface area (Å²) in [4.78, 5) is 28.1. The van der Waals surface area contributed by atoms with Crippen LogP contribution in [0.5, 0.6) is 0 Å². The van der Waals surface area contributed by atoms with Crippen LogP contribution in [0.3, 0.4) is 0 Å². The molecule has 23 heavy (non-hydrogen) atoms. The monoisotopic (exact) mass is 307 g/mol. The van der Waals surface area contributed by atoms with Crippen molar-refractivity contribution in [1.29, 1.82) is 0 Å². The summed E-state index contributed by atoms with van der Waals surface area (Å²) < 4.78 is 4.87. The number of anilines is 2. The Balaban J connectivity index is 1.72. The number of rotatable bonds is 4. The van der Waals surface area contributed by atoms with Gasteiger partial charge in [0.2, 0.25) is 0 Å². The third-order valence-corrected chi connectivity index (χ3v) is 3.10. The molecule has 2 heterocycles. The van der Waals surface area contributed by atoms with Gasteiger partial charge in [-0.3, -0.25) is 14.6 Å². The molecule has 0 bridgehead atoms. The molecule has 2 amide bonds. The maximum absolute atomic E-state index is 12.2. The number of nitrogens with one attached hydrogen (secondary N) is 2. The van der Waals surface area contributed by atoms with Crippen LogP contribution >= 0.6 is 0 Å². The molecule has 3 aromatic rings. The van der Waals surface area contributed by atoms with Crippen LogP contribution in [-0.2, 0) is 0 Å².